The van der Waals surface area contributed by atoms with Crippen molar-refractivity contribution in [1.82, 2.24) is 0 Å². The molecule has 0 spiro atoms. The zero-order valence-corrected chi connectivity index (χ0v) is 10.4. The number of alkyl halides is 3. The standard InChI is InChI=1S/C11H13F3O2S/c1-6(2)8-5-10(7(3)4-9(8)15)17(16)11(12,13)14/h4-6,15H,1-3H3. The summed E-state index contributed by atoms with van der Waals surface area (Å²) < 4.78 is 48.4. The Morgan fingerprint density at radius 3 is 2.24 bits per heavy atom. The van der Waals surface area contributed by atoms with E-state index in [2.05, 4.69) is 0 Å². The highest BCUT2D eigenvalue weighted by atomic mass is 32.2. The van der Waals surface area contributed by atoms with Crippen LogP contribution in [0.4, 0.5) is 13.2 Å². The summed E-state index contributed by atoms with van der Waals surface area (Å²) in [6, 6.07) is 2.38. The maximum atomic E-state index is 12.4. The van der Waals surface area contributed by atoms with Crippen LogP contribution >= 0.6 is 0 Å². The van der Waals surface area contributed by atoms with Gasteiger partial charge in [0.1, 0.15) is 5.75 Å². The molecule has 1 aromatic carbocycles. The number of phenolic OH excluding ortho intramolecular Hbond substituents is 1. The third-order valence-corrected chi connectivity index (χ3v) is 3.62. The number of halogens is 3. The molecule has 96 valence electrons. The Balaban J connectivity index is 3.30. The highest BCUT2D eigenvalue weighted by Crippen LogP contribution is 2.36. The minimum atomic E-state index is -4.78. The summed E-state index contributed by atoms with van der Waals surface area (Å²) in [7, 11) is 0. The van der Waals surface area contributed by atoms with Gasteiger partial charge in [-0.1, -0.05) is 13.8 Å². The molecular weight excluding hydrogens is 253 g/mol. The van der Waals surface area contributed by atoms with Gasteiger partial charge in [-0.2, -0.15) is 0 Å². The van der Waals surface area contributed by atoms with Crippen LogP contribution in [0.3, 0.4) is 0 Å². The van der Waals surface area contributed by atoms with Crippen molar-refractivity contribution < 1.29 is 22.8 Å². The second-order valence-electron chi connectivity index (χ2n) is 4.05. The van der Waals surface area contributed by atoms with Crippen molar-refractivity contribution in [3.8, 4) is 5.75 Å². The molecule has 0 saturated carbocycles. The van der Waals surface area contributed by atoms with Crippen LogP contribution in [-0.4, -0.2) is 15.2 Å². The normalized spacial score (nSPS) is 14.1. The van der Waals surface area contributed by atoms with Gasteiger partial charge in [-0.15, -0.1) is 13.2 Å². The molecule has 1 unspecified atom stereocenters. The minimum absolute atomic E-state index is 0.0691. The number of hydrogen-bond donors (Lipinski definition) is 1. The molecule has 1 rings (SSSR count). The first-order valence-electron chi connectivity index (χ1n) is 4.96. The predicted molar refractivity (Wildman–Crippen MR) is 59.4 cm³/mol. The van der Waals surface area contributed by atoms with Crippen LogP contribution in [0, 0.1) is 6.92 Å². The van der Waals surface area contributed by atoms with E-state index in [1.165, 1.54) is 19.1 Å². The number of aromatic hydroxyl groups is 1. The highest BCUT2D eigenvalue weighted by Gasteiger charge is 2.47. The smallest absolute Gasteiger partial charge is 0.578 e. The Kier molecular flexibility index (Phi) is 3.99. The van der Waals surface area contributed by atoms with Gasteiger partial charge in [0, 0.05) is 17.2 Å². The van der Waals surface area contributed by atoms with Crippen molar-refractivity contribution in [2.45, 2.75) is 37.1 Å². The number of benzene rings is 1. The Labute approximate surface area is 101 Å². The van der Waals surface area contributed by atoms with Crippen LogP contribution < -0.4 is 0 Å². The van der Waals surface area contributed by atoms with Gasteiger partial charge in [0.2, 0.25) is 0 Å². The second-order valence-corrected chi connectivity index (χ2v) is 5.49. The van der Waals surface area contributed by atoms with Crippen molar-refractivity contribution >= 4 is 11.2 Å². The lowest BCUT2D eigenvalue weighted by atomic mass is 10.0. The van der Waals surface area contributed by atoms with Crippen molar-refractivity contribution in [3.05, 3.63) is 23.3 Å². The first-order valence-corrected chi connectivity index (χ1v) is 6.11. The molecule has 0 aliphatic rings. The SMILES string of the molecule is Cc1cc(O)c(C(C)C)cc1[S+]([O-])C(F)(F)F. The fourth-order valence-corrected chi connectivity index (χ4v) is 2.31. The lowest BCUT2D eigenvalue weighted by Gasteiger charge is -2.17. The highest BCUT2D eigenvalue weighted by molar-refractivity contribution is 7.92. The Morgan fingerprint density at radius 2 is 1.82 bits per heavy atom. The van der Waals surface area contributed by atoms with E-state index < -0.39 is 16.7 Å². The summed E-state index contributed by atoms with van der Waals surface area (Å²) in [5.74, 6) is -0.208. The molecule has 0 aliphatic carbocycles. The van der Waals surface area contributed by atoms with Crippen LogP contribution in [0.15, 0.2) is 17.0 Å². The Hall–Kier alpha value is -0.880. The Bertz CT molecular complexity index is 416. The number of aryl methyl sites for hydroxylation is 1. The molecule has 1 aromatic rings. The van der Waals surface area contributed by atoms with Gasteiger partial charge in [-0.05, 0) is 18.9 Å². The molecule has 6 heteroatoms. The zero-order valence-electron chi connectivity index (χ0n) is 9.63. The van der Waals surface area contributed by atoms with E-state index >= 15 is 0 Å². The number of rotatable bonds is 2. The summed E-state index contributed by atoms with van der Waals surface area (Å²) >= 11 is -3.06. The van der Waals surface area contributed by atoms with Gasteiger partial charge >= 0.3 is 5.51 Å². The zero-order chi connectivity index (χ0) is 13.4. The lowest BCUT2D eigenvalue weighted by Crippen LogP contribution is -2.24. The van der Waals surface area contributed by atoms with E-state index in [-0.39, 0.29) is 22.1 Å². The molecule has 0 aliphatic heterocycles. The van der Waals surface area contributed by atoms with E-state index in [9.17, 15) is 22.8 Å². The molecule has 0 fully saturated rings. The molecule has 0 saturated heterocycles. The van der Waals surface area contributed by atoms with Gasteiger partial charge in [0.25, 0.3) is 0 Å². The molecule has 0 aromatic heterocycles. The van der Waals surface area contributed by atoms with Gasteiger partial charge in [-0.25, -0.2) is 0 Å². The molecule has 17 heavy (non-hydrogen) atoms. The van der Waals surface area contributed by atoms with Crippen molar-refractivity contribution in [1.29, 1.82) is 0 Å². The van der Waals surface area contributed by atoms with Crippen LogP contribution in [0.25, 0.3) is 0 Å². The molecule has 0 bridgehead atoms. The first-order chi connectivity index (χ1) is 7.64. The van der Waals surface area contributed by atoms with E-state index in [1.807, 2.05) is 0 Å². The van der Waals surface area contributed by atoms with Crippen LogP contribution in [-0.2, 0) is 11.2 Å². The predicted octanol–water partition coefficient (Wildman–Crippen LogP) is 3.45. The topological polar surface area (TPSA) is 43.3 Å². The van der Waals surface area contributed by atoms with Crippen molar-refractivity contribution in [2.24, 2.45) is 0 Å². The summed E-state index contributed by atoms with van der Waals surface area (Å²) in [5, 5.41) is 9.59. The van der Waals surface area contributed by atoms with Gasteiger partial charge < -0.3 is 9.66 Å². The quantitative estimate of drug-likeness (QED) is 0.833. The fourth-order valence-electron chi connectivity index (χ4n) is 1.48. The maximum absolute atomic E-state index is 12.4. The minimum Gasteiger partial charge on any atom is -0.604 e. The van der Waals surface area contributed by atoms with Gasteiger partial charge in [0.15, 0.2) is 4.90 Å². The monoisotopic (exact) mass is 266 g/mol. The van der Waals surface area contributed by atoms with Gasteiger partial charge in [-0.3, -0.25) is 0 Å². The molecule has 1 N–H and O–H groups in total. The molecule has 1 atom stereocenters. The molecule has 0 radical (unpaired) electrons. The summed E-state index contributed by atoms with van der Waals surface area (Å²) in [5.41, 5.74) is -4.25. The van der Waals surface area contributed by atoms with Gasteiger partial charge in [0.05, 0.1) is 11.2 Å². The molecule has 2 nitrogen and oxygen atoms in total. The third-order valence-electron chi connectivity index (χ3n) is 2.36. The lowest BCUT2D eigenvalue weighted by molar-refractivity contribution is -0.0435. The largest absolute Gasteiger partial charge is 0.604 e. The van der Waals surface area contributed by atoms with E-state index in [0.29, 0.717) is 5.56 Å². The van der Waals surface area contributed by atoms with E-state index in [0.717, 1.165) is 0 Å². The average Bonchev–Trinajstić information content (AvgIpc) is 2.14. The molecule has 0 amide bonds. The average molecular weight is 266 g/mol. The number of phenols is 1. The summed E-state index contributed by atoms with van der Waals surface area (Å²) in [6.45, 7) is 4.87. The fraction of sp³-hybridized carbons (Fsp3) is 0.455. The van der Waals surface area contributed by atoms with E-state index in [1.54, 1.807) is 13.8 Å². The maximum Gasteiger partial charge on any atom is 0.578 e. The second kappa shape index (κ2) is 4.78. The number of hydrogen-bond acceptors (Lipinski definition) is 2. The third kappa shape index (κ3) is 3.07. The molecule has 0 heterocycles. The summed E-state index contributed by atoms with van der Waals surface area (Å²) in [6.07, 6.45) is 0. The van der Waals surface area contributed by atoms with Crippen LogP contribution in [0.1, 0.15) is 30.9 Å². The first kappa shape index (κ1) is 14.2. The molecular formula is C11H13F3O2S. The van der Waals surface area contributed by atoms with E-state index in [4.69, 9.17) is 0 Å². The van der Waals surface area contributed by atoms with Crippen LogP contribution in [0.5, 0.6) is 5.75 Å². The summed E-state index contributed by atoms with van der Waals surface area (Å²) in [4.78, 5) is -0.293. The Morgan fingerprint density at radius 1 is 1.29 bits per heavy atom. The van der Waals surface area contributed by atoms with Crippen molar-refractivity contribution in [3.63, 3.8) is 0 Å². The van der Waals surface area contributed by atoms with Crippen molar-refractivity contribution in [2.75, 3.05) is 0 Å². The van der Waals surface area contributed by atoms with Crippen LogP contribution in [0.2, 0.25) is 0 Å².